The highest BCUT2D eigenvalue weighted by Crippen LogP contribution is 2.41. The number of nitrogens with two attached hydrogens (primary N) is 1. The second kappa shape index (κ2) is 10.9. The van der Waals surface area contributed by atoms with Crippen molar-refractivity contribution in [2.24, 2.45) is 5.73 Å². The van der Waals surface area contributed by atoms with Crippen molar-refractivity contribution in [2.75, 3.05) is 0 Å². The molecule has 0 bridgehead atoms. The molecule has 9 heteroatoms. The molecule has 4 rings (SSSR count). The van der Waals surface area contributed by atoms with Gasteiger partial charge >= 0.3 is 0 Å². The molecule has 0 aliphatic carbocycles. The summed E-state index contributed by atoms with van der Waals surface area (Å²) in [6.07, 6.45) is 2.63. The maximum absolute atomic E-state index is 13.8. The first-order valence-corrected chi connectivity index (χ1v) is 13.3. The Morgan fingerprint density at radius 3 is 2.36 bits per heavy atom. The Hall–Kier alpha value is -2.51. The standard InChI is InChI=1S/C27H24Cl3FN4S/c1-3-27(2,17-5-11-21(28)23(30)13-17)24-14-34-26(35(24)19-8-6-18(31)7-9-19)36-15-16-4-10-20(25(32)33)22(29)12-16/h4-14H,3,15H2,1-2H3,(H3,32,33). The van der Waals surface area contributed by atoms with Crippen LogP contribution in [0.15, 0.2) is 72.0 Å². The molecule has 1 heterocycles. The van der Waals surface area contributed by atoms with Crippen molar-refractivity contribution < 1.29 is 4.39 Å². The molecule has 0 aliphatic rings. The molecule has 1 unspecified atom stereocenters. The molecule has 186 valence electrons. The van der Waals surface area contributed by atoms with Gasteiger partial charge in [-0.1, -0.05) is 65.6 Å². The molecule has 4 nitrogen and oxygen atoms in total. The summed E-state index contributed by atoms with van der Waals surface area (Å²) >= 11 is 20.4. The highest BCUT2D eigenvalue weighted by molar-refractivity contribution is 7.98. The molecule has 0 saturated heterocycles. The largest absolute Gasteiger partial charge is 0.384 e. The van der Waals surface area contributed by atoms with Gasteiger partial charge in [-0.2, -0.15) is 0 Å². The van der Waals surface area contributed by atoms with Gasteiger partial charge in [-0.25, -0.2) is 9.37 Å². The van der Waals surface area contributed by atoms with E-state index in [0.717, 1.165) is 34.1 Å². The van der Waals surface area contributed by atoms with Gasteiger partial charge in [0.1, 0.15) is 11.7 Å². The summed E-state index contributed by atoms with van der Waals surface area (Å²) in [4.78, 5) is 4.76. The van der Waals surface area contributed by atoms with E-state index in [1.54, 1.807) is 24.3 Å². The Morgan fingerprint density at radius 2 is 1.75 bits per heavy atom. The van der Waals surface area contributed by atoms with Crippen LogP contribution in [-0.4, -0.2) is 15.4 Å². The van der Waals surface area contributed by atoms with E-state index >= 15 is 0 Å². The Labute approximate surface area is 229 Å². The molecule has 0 aliphatic heterocycles. The molecule has 1 atom stereocenters. The number of nitrogens with one attached hydrogen (secondary N) is 1. The number of aromatic nitrogens is 2. The lowest BCUT2D eigenvalue weighted by Crippen LogP contribution is -2.26. The van der Waals surface area contributed by atoms with Gasteiger partial charge in [0.05, 0.1) is 27.0 Å². The zero-order chi connectivity index (χ0) is 26.0. The van der Waals surface area contributed by atoms with Crippen LogP contribution in [0.5, 0.6) is 0 Å². The highest BCUT2D eigenvalue weighted by atomic mass is 35.5. The summed E-state index contributed by atoms with van der Waals surface area (Å²) in [5.74, 6) is 0.208. The second-order valence-electron chi connectivity index (χ2n) is 8.57. The van der Waals surface area contributed by atoms with Crippen LogP contribution in [-0.2, 0) is 11.2 Å². The molecule has 3 aromatic carbocycles. The molecule has 3 N–H and O–H groups in total. The number of hydrogen-bond donors (Lipinski definition) is 2. The van der Waals surface area contributed by atoms with E-state index in [0.29, 0.717) is 26.4 Å². The van der Waals surface area contributed by atoms with Gasteiger partial charge < -0.3 is 5.73 Å². The third-order valence-electron chi connectivity index (χ3n) is 6.34. The van der Waals surface area contributed by atoms with Crippen LogP contribution in [0.3, 0.4) is 0 Å². The van der Waals surface area contributed by atoms with Crippen molar-refractivity contribution in [3.05, 3.63) is 110 Å². The molecule has 4 aromatic rings. The first kappa shape index (κ1) is 26.6. The van der Waals surface area contributed by atoms with Crippen LogP contribution >= 0.6 is 46.6 Å². The smallest absolute Gasteiger partial charge is 0.173 e. The minimum Gasteiger partial charge on any atom is -0.384 e. The monoisotopic (exact) mass is 560 g/mol. The van der Waals surface area contributed by atoms with Crippen LogP contribution in [0.2, 0.25) is 15.1 Å². The normalized spacial score (nSPS) is 12.9. The summed E-state index contributed by atoms with van der Waals surface area (Å²) in [7, 11) is 0. The van der Waals surface area contributed by atoms with Gasteiger partial charge in [0.15, 0.2) is 5.16 Å². The van der Waals surface area contributed by atoms with Crippen molar-refractivity contribution in [3.63, 3.8) is 0 Å². The third-order valence-corrected chi connectivity index (χ3v) is 8.41. The minimum absolute atomic E-state index is 0.0724. The van der Waals surface area contributed by atoms with Gasteiger partial charge in [0.25, 0.3) is 0 Å². The Bertz CT molecular complexity index is 1420. The fourth-order valence-electron chi connectivity index (χ4n) is 4.05. The Kier molecular flexibility index (Phi) is 8.00. The average Bonchev–Trinajstić information content (AvgIpc) is 3.28. The van der Waals surface area contributed by atoms with Crippen LogP contribution < -0.4 is 5.73 Å². The highest BCUT2D eigenvalue weighted by Gasteiger charge is 2.33. The van der Waals surface area contributed by atoms with E-state index < -0.39 is 5.41 Å². The predicted octanol–water partition coefficient (Wildman–Crippen LogP) is 8.26. The maximum atomic E-state index is 13.8. The van der Waals surface area contributed by atoms with Crippen molar-refractivity contribution >= 4 is 52.4 Å². The fraction of sp³-hybridized carbons (Fsp3) is 0.185. The van der Waals surface area contributed by atoms with Crippen LogP contribution in [0, 0.1) is 11.2 Å². The topological polar surface area (TPSA) is 67.7 Å². The first-order valence-electron chi connectivity index (χ1n) is 11.2. The number of benzene rings is 3. The number of amidine groups is 1. The van der Waals surface area contributed by atoms with Gasteiger partial charge in [0, 0.05) is 22.4 Å². The van der Waals surface area contributed by atoms with E-state index in [1.165, 1.54) is 23.9 Å². The molecule has 0 radical (unpaired) electrons. The van der Waals surface area contributed by atoms with E-state index in [1.807, 2.05) is 30.5 Å². The number of rotatable bonds is 8. The summed E-state index contributed by atoms with van der Waals surface area (Å²) in [5, 5.41) is 9.80. The van der Waals surface area contributed by atoms with Gasteiger partial charge in [0.2, 0.25) is 0 Å². The van der Waals surface area contributed by atoms with Crippen molar-refractivity contribution in [3.8, 4) is 5.69 Å². The number of hydrogen-bond acceptors (Lipinski definition) is 3. The van der Waals surface area contributed by atoms with E-state index in [9.17, 15) is 4.39 Å². The Balaban J connectivity index is 1.77. The Morgan fingerprint density at radius 1 is 1.03 bits per heavy atom. The van der Waals surface area contributed by atoms with E-state index in [2.05, 4.69) is 18.4 Å². The zero-order valence-electron chi connectivity index (χ0n) is 19.7. The molecule has 0 amide bonds. The molecule has 1 aromatic heterocycles. The average molecular weight is 562 g/mol. The van der Waals surface area contributed by atoms with E-state index in [-0.39, 0.29) is 11.7 Å². The van der Waals surface area contributed by atoms with Gasteiger partial charge in [-0.15, -0.1) is 0 Å². The van der Waals surface area contributed by atoms with E-state index in [4.69, 9.17) is 50.9 Å². The van der Waals surface area contributed by atoms with Crippen LogP contribution in [0.25, 0.3) is 5.69 Å². The summed E-state index contributed by atoms with van der Waals surface area (Å²) < 4.78 is 15.8. The summed E-state index contributed by atoms with van der Waals surface area (Å²) in [6.45, 7) is 4.24. The SMILES string of the molecule is CCC(C)(c1ccc(Cl)c(Cl)c1)c1cnc(SCc2ccc(C(=N)N)c(Cl)c2)n1-c1ccc(F)cc1. The number of halogens is 4. The lowest BCUT2D eigenvalue weighted by Gasteiger charge is -2.31. The number of nitrogen functional groups attached to an aromatic ring is 1. The number of nitrogens with zero attached hydrogens (tertiary/aromatic N) is 2. The number of thioether (sulfide) groups is 1. The molecular weight excluding hydrogens is 538 g/mol. The van der Waals surface area contributed by atoms with Crippen LogP contribution in [0.1, 0.15) is 42.7 Å². The predicted molar refractivity (Wildman–Crippen MR) is 149 cm³/mol. The molecule has 36 heavy (non-hydrogen) atoms. The van der Waals surface area contributed by atoms with Crippen molar-refractivity contribution in [1.82, 2.24) is 9.55 Å². The van der Waals surface area contributed by atoms with Gasteiger partial charge in [-0.3, -0.25) is 9.98 Å². The zero-order valence-corrected chi connectivity index (χ0v) is 22.7. The van der Waals surface area contributed by atoms with Crippen molar-refractivity contribution in [2.45, 2.75) is 36.6 Å². The second-order valence-corrected chi connectivity index (χ2v) is 10.7. The number of imidazole rings is 1. The fourth-order valence-corrected chi connectivity index (χ4v) is 5.59. The lowest BCUT2D eigenvalue weighted by atomic mass is 9.77. The quantitative estimate of drug-likeness (QED) is 0.129. The molecule has 0 spiro atoms. The van der Waals surface area contributed by atoms with Gasteiger partial charge in [-0.05, 0) is 73.0 Å². The summed E-state index contributed by atoms with van der Waals surface area (Å²) in [6, 6.07) is 17.5. The van der Waals surface area contributed by atoms with Crippen LogP contribution in [0.4, 0.5) is 4.39 Å². The van der Waals surface area contributed by atoms with Crippen molar-refractivity contribution in [1.29, 1.82) is 5.41 Å². The lowest BCUT2D eigenvalue weighted by molar-refractivity contribution is 0.517. The minimum atomic E-state index is -0.444. The molecule has 0 saturated carbocycles. The molecule has 0 fully saturated rings. The third kappa shape index (κ3) is 5.28. The maximum Gasteiger partial charge on any atom is 0.173 e. The molecular formula is C27H24Cl3FN4S. The summed E-state index contributed by atoms with van der Waals surface area (Å²) in [5.41, 5.74) is 9.36. The first-order chi connectivity index (χ1) is 17.1.